The number of aromatic nitrogens is 2. The van der Waals surface area contributed by atoms with E-state index in [0.29, 0.717) is 23.2 Å². The molecule has 2 fully saturated rings. The Bertz CT molecular complexity index is 1380. The van der Waals surface area contributed by atoms with Crippen molar-refractivity contribution in [3.05, 3.63) is 23.9 Å². The SMILES string of the molecule is COc1ccc2nc3c(nc2c1)O[C@H]1CN(C(=O)[C@H](C(C)(C)C)NC(=O)O[C@@H]2C[C@H]2CCCCCC3F)[C@H](C(=O)O)[C@@H]1C. The maximum atomic E-state index is 15.8. The number of benzene rings is 1. The third-order valence-electron chi connectivity index (χ3n) is 8.78. The molecular weight excluding hydrogens is 559 g/mol. The lowest BCUT2D eigenvalue weighted by Gasteiger charge is -2.34. The summed E-state index contributed by atoms with van der Waals surface area (Å²) >= 11 is 0. The lowest BCUT2D eigenvalue weighted by Crippen LogP contribution is -2.57. The Morgan fingerprint density at radius 1 is 1.09 bits per heavy atom. The average Bonchev–Trinajstić information content (AvgIpc) is 3.59. The number of rotatable bonds is 2. The average molecular weight is 601 g/mol. The first-order valence-corrected chi connectivity index (χ1v) is 15.0. The molecule has 11 nitrogen and oxygen atoms in total. The highest BCUT2D eigenvalue weighted by atomic mass is 19.1. The monoisotopic (exact) mass is 600 g/mol. The van der Waals surface area contributed by atoms with Crippen molar-refractivity contribution in [3.8, 4) is 11.6 Å². The number of hydrogen-bond acceptors (Lipinski definition) is 8. The number of carbonyl (C=O) groups is 3. The van der Waals surface area contributed by atoms with E-state index in [1.165, 1.54) is 12.0 Å². The molecule has 1 unspecified atom stereocenters. The van der Waals surface area contributed by atoms with Crippen molar-refractivity contribution >= 4 is 29.0 Å². The minimum Gasteiger partial charge on any atom is -0.497 e. The number of alkyl halides is 1. The highest BCUT2D eigenvalue weighted by molar-refractivity contribution is 5.90. The largest absolute Gasteiger partial charge is 0.497 e. The molecule has 1 aliphatic carbocycles. The molecule has 2 aliphatic heterocycles. The van der Waals surface area contributed by atoms with Crippen LogP contribution in [0.2, 0.25) is 0 Å². The van der Waals surface area contributed by atoms with Crippen LogP contribution in [-0.4, -0.2) is 75.9 Å². The van der Waals surface area contributed by atoms with E-state index in [1.54, 1.807) is 45.9 Å². The zero-order valence-corrected chi connectivity index (χ0v) is 25.3. The zero-order valence-electron chi connectivity index (χ0n) is 25.3. The van der Waals surface area contributed by atoms with Gasteiger partial charge in [0.25, 0.3) is 0 Å². The summed E-state index contributed by atoms with van der Waals surface area (Å²) in [6.07, 6.45) is 0.927. The van der Waals surface area contributed by atoms with Crippen LogP contribution in [0.3, 0.4) is 0 Å². The molecule has 0 radical (unpaired) electrons. The smallest absolute Gasteiger partial charge is 0.408 e. The van der Waals surface area contributed by atoms with Crippen LogP contribution in [0.25, 0.3) is 11.0 Å². The second kappa shape index (κ2) is 12.1. The van der Waals surface area contributed by atoms with Crippen molar-refractivity contribution < 1.29 is 38.1 Å². The van der Waals surface area contributed by atoms with Crippen LogP contribution in [0.5, 0.6) is 11.6 Å². The van der Waals surface area contributed by atoms with Gasteiger partial charge in [-0.05, 0) is 42.7 Å². The van der Waals surface area contributed by atoms with Gasteiger partial charge in [-0.15, -0.1) is 0 Å². The lowest BCUT2D eigenvalue weighted by atomic mass is 9.85. The van der Waals surface area contributed by atoms with Crippen LogP contribution < -0.4 is 14.8 Å². The summed E-state index contributed by atoms with van der Waals surface area (Å²) in [7, 11) is 1.53. The third kappa shape index (κ3) is 6.62. The number of carbonyl (C=O) groups excluding carboxylic acids is 2. The number of carboxylic acid groups (broad SMARTS) is 1. The molecule has 7 atom stereocenters. The van der Waals surface area contributed by atoms with Gasteiger partial charge in [0, 0.05) is 12.0 Å². The summed E-state index contributed by atoms with van der Waals surface area (Å²) < 4.78 is 33.0. The minimum absolute atomic E-state index is 0.0312. The molecule has 0 spiro atoms. The van der Waals surface area contributed by atoms with Gasteiger partial charge in [0.2, 0.25) is 11.8 Å². The molecule has 2 amide bonds. The van der Waals surface area contributed by atoms with Crippen LogP contribution in [0.1, 0.15) is 78.1 Å². The lowest BCUT2D eigenvalue weighted by molar-refractivity contribution is -0.151. The minimum atomic E-state index is -1.45. The van der Waals surface area contributed by atoms with Crippen LogP contribution in [-0.2, 0) is 14.3 Å². The fourth-order valence-electron chi connectivity index (χ4n) is 6.10. The van der Waals surface area contributed by atoms with E-state index in [0.717, 1.165) is 25.7 Å². The summed E-state index contributed by atoms with van der Waals surface area (Å²) in [5, 5.41) is 12.9. The Labute approximate surface area is 250 Å². The Morgan fingerprint density at radius 3 is 2.53 bits per heavy atom. The molecule has 234 valence electrons. The van der Waals surface area contributed by atoms with E-state index in [4.69, 9.17) is 14.2 Å². The number of fused-ring (bicyclic) bond motifs is 5. The predicted octanol–water partition coefficient (Wildman–Crippen LogP) is 4.82. The van der Waals surface area contributed by atoms with Gasteiger partial charge in [-0.3, -0.25) is 4.79 Å². The first-order chi connectivity index (χ1) is 20.4. The van der Waals surface area contributed by atoms with E-state index >= 15 is 4.39 Å². The van der Waals surface area contributed by atoms with Crippen molar-refractivity contribution in [1.82, 2.24) is 20.2 Å². The van der Waals surface area contributed by atoms with Gasteiger partial charge in [-0.2, -0.15) is 0 Å². The number of nitrogens with one attached hydrogen (secondary N) is 1. The van der Waals surface area contributed by atoms with E-state index in [2.05, 4.69) is 15.3 Å². The number of halogens is 1. The Kier molecular flexibility index (Phi) is 8.67. The summed E-state index contributed by atoms with van der Waals surface area (Å²) in [5.74, 6) is -1.69. The molecule has 1 aromatic heterocycles. The molecule has 1 saturated heterocycles. The van der Waals surface area contributed by atoms with Crippen molar-refractivity contribution in [1.29, 1.82) is 0 Å². The summed E-state index contributed by atoms with van der Waals surface area (Å²) in [5.41, 5.74) is 0.217. The van der Waals surface area contributed by atoms with Crippen LogP contribution >= 0.6 is 0 Å². The van der Waals surface area contributed by atoms with Gasteiger partial charge in [0.1, 0.15) is 41.9 Å². The quantitative estimate of drug-likeness (QED) is 0.496. The standard InChI is InChI=1S/C31H41FN4O7/c1-16-23-15-36(25(16)29(38)39)28(37)26(31(2,3)4)35-30(40)43-22-13-17(22)9-7-6-8-10-19(32)24-27(42-23)34-21-14-18(41-5)11-12-20(21)33-24/h11-12,14,16-17,19,22-23,25-26H,6-10,13,15H2,1-5H3,(H,35,40)(H,38,39)/t16-,17-,19?,22-,23+,25+,26-/m1/s1. The van der Waals surface area contributed by atoms with Crippen LogP contribution in [0.15, 0.2) is 18.2 Å². The van der Waals surface area contributed by atoms with Gasteiger partial charge in [0.05, 0.1) is 24.7 Å². The number of alkyl carbamates (subject to hydrolysis) is 1. The summed E-state index contributed by atoms with van der Waals surface area (Å²) in [6.45, 7) is 6.95. The van der Waals surface area contributed by atoms with E-state index in [-0.39, 0.29) is 36.6 Å². The Balaban J connectivity index is 1.52. The normalized spacial score (nSPS) is 30.5. The fourth-order valence-corrected chi connectivity index (χ4v) is 6.10. The van der Waals surface area contributed by atoms with Gasteiger partial charge < -0.3 is 29.5 Å². The molecule has 1 aromatic carbocycles. The van der Waals surface area contributed by atoms with Crippen molar-refractivity contribution in [3.63, 3.8) is 0 Å². The molecule has 2 N–H and O–H groups in total. The molecular formula is C31H41FN4O7. The van der Waals surface area contributed by atoms with Gasteiger partial charge in [-0.1, -0.05) is 47.0 Å². The number of methoxy groups -OCH3 is 1. The second-order valence-electron chi connectivity index (χ2n) is 13.0. The number of carboxylic acids is 1. The number of nitrogens with zero attached hydrogens (tertiary/aromatic N) is 3. The van der Waals surface area contributed by atoms with Crippen LogP contribution in [0.4, 0.5) is 9.18 Å². The molecule has 1 saturated carbocycles. The van der Waals surface area contributed by atoms with E-state index in [1.807, 2.05) is 0 Å². The first kappa shape index (κ1) is 30.7. The third-order valence-corrected chi connectivity index (χ3v) is 8.78. The number of aliphatic carboxylic acids is 1. The fraction of sp³-hybridized carbons (Fsp3) is 0.645. The van der Waals surface area contributed by atoms with Crippen molar-refractivity contribution in [2.75, 3.05) is 13.7 Å². The van der Waals surface area contributed by atoms with Crippen molar-refractivity contribution in [2.24, 2.45) is 17.3 Å². The van der Waals surface area contributed by atoms with Crippen molar-refractivity contribution in [2.45, 2.75) is 96.7 Å². The number of ether oxygens (including phenoxy) is 3. The maximum Gasteiger partial charge on any atom is 0.408 e. The molecule has 3 aliphatic rings. The van der Waals surface area contributed by atoms with Gasteiger partial charge in [0.15, 0.2) is 0 Å². The molecule has 12 heteroatoms. The zero-order chi connectivity index (χ0) is 31.1. The summed E-state index contributed by atoms with van der Waals surface area (Å²) in [6, 6.07) is 2.81. The topological polar surface area (TPSA) is 140 Å². The van der Waals surface area contributed by atoms with E-state index in [9.17, 15) is 19.5 Å². The number of amides is 2. The Morgan fingerprint density at radius 2 is 1.84 bits per heavy atom. The van der Waals surface area contributed by atoms with Gasteiger partial charge >= 0.3 is 12.1 Å². The molecule has 43 heavy (non-hydrogen) atoms. The van der Waals surface area contributed by atoms with Crippen LogP contribution in [0, 0.1) is 17.3 Å². The second-order valence-corrected chi connectivity index (χ2v) is 13.0. The molecule has 2 aromatic rings. The predicted molar refractivity (Wildman–Crippen MR) is 154 cm³/mol. The highest BCUT2D eigenvalue weighted by Crippen LogP contribution is 2.40. The van der Waals surface area contributed by atoms with E-state index < -0.39 is 53.7 Å². The van der Waals surface area contributed by atoms with Gasteiger partial charge in [-0.25, -0.2) is 23.9 Å². The molecule has 2 bridgehead atoms. The Hall–Kier alpha value is -3.70. The maximum absolute atomic E-state index is 15.8. The first-order valence-electron chi connectivity index (χ1n) is 15.0. The molecule has 5 rings (SSSR count). The molecule has 3 heterocycles. The summed E-state index contributed by atoms with van der Waals surface area (Å²) in [4.78, 5) is 49.7. The number of hydrogen-bond donors (Lipinski definition) is 2. The highest BCUT2D eigenvalue weighted by Gasteiger charge is 2.51.